The highest BCUT2D eigenvalue weighted by Crippen LogP contribution is 2.59. The third kappa shape index (κ3) is 2.63. The lowest BCUT2D eigenvalue weighted by atomic mass is 9.49. The molecule has 138 valence electrons. The number of aromatic nitrogens is 3. The molecule has 0 atom stereocenters. The summed E-state index contributed by atoms with van der Waals surface area (Å²) < 4.78 is 1.90. The van der Waals surface area contributed by atoms with Crippen molar-refractivity contribution in [2.75, 3.05) is 6.54 Å². The molecule has 4 aliphatic rings. The van der Waals surface area contributed by atoms with Crippen molar-refractivity contribution in [3.05, 3.63) is 24.0 Å². The summed E-state index contributed by atoms with van der Waals surface area (Å²) in [5.74, 6) is 2.75. The minimum Gasteiger partial charge on any atom is -0.351 e. The average Bonchev–Trinajstić information content (AvgIpc) is 3.02. The number of pyridine rings is 1. The quantitative estimate of drug-likeness (QED) is 0.906. The maximum Gasteiger partial charge on any atom is 0.252 e. The smallest absolute Gasteiger partial charge is 0.252 e. The predicted octanol–water partition coefficient (Wildman–Crippen LogP) is 3.96. The van der Waals surface area contributed by atoms with E-state index in [1.165, 1.54) is 38.5 Å². The Morgan fingerprint density at radius 1 is 1.19 bits per heavy atom. The Morgan fingerprint density at radius 3 is 2.46 bits per heavy atom. The van der Waals surface area contributed by atoms with Crippen molar-refractivity contribution in [1.82, 2.24) is 20.1 Å². The number of hydrogen-bond acceptors (Lipinski definition) is 3. The van der Waals surface area contributed by atoms with Crippen LogP contribution >= 0.6 is 0 Å². The second kappa shape index (κ2) is 5.80. The van der Waals surface area contributed by atoms with E-state index in [9.17, 15) is 4.79 Å². The van der Waals surface area contributed by atoms with Crippen LogP contribution in [0.25, 0.3) is 11.0 Å². The summed E-state index contributed by atoms with van der Waals surface area (Å²) in [6.07, 6.45) is 11.8. The van der Waals surface area contributed by atoms with Crippen LogP contribution in [0, 0.1) is 23.2 Å². The molecule has 26 heavy (non-hydrogen) atoms. The molecule has 0 aliphatic heterocycles. The third-order valence-electron chi connectivity index (χ3n) is 6.97. The molecule has 0 saturated heterocycles. The van der Waals surface area contributed by atoms with E-state index >= 15 is 0 Å². The van der Waals surface area contributed by atoms with Crippen molar-refractivity contribution < 1.29 is 4.79 Å². The lowest BCUT2D eigenvalue weighted by molar-refractivity contribution is -0.0503. The van der Waals surface area contributed by atoms with Crippen molar-refractivity contribution in [1.29, 1.82) is 0 Å². The Hall–Kier alpha value is -1.91. The fourth-order valence-electron chi connectivity index (χ4n) is 6.32. The number of hydrogen-bond donors (Lipinski definition) is 1. The molecule has 0 radical (unpaired) electrons. The highest BCUT2D eigenvalue weighted by Gasteiger charge is 2.50. The van der Waals surface area contributed by atoms with E-state index in [0.717, 1.165) is 35.3 Å². The van der Waals surface area contributed by atoms with Gasteiger partial charge in [0.1, 0.15) is 0 Å². The van der Waals surface area contributed by atoms with Crippen LogP contribution in [0.3, 0.4) is 0 Å². The summed E-state index contributed by atoms with van der Waals surface area (Å²) in [4.78, 5) is 17.2. The molecule has 2 aromatic heterocycles. The highest BCUT2D eigenvalue weighted by atomic mass is 16.1. The van der Waals surface area contributed by atoms with Gasteiger partial charge in [-0.1, -0.05) is 0 Å². The van der Waals surface area contributed by atoms with E-state index in [4.69, 9.17) is 0 Å². The molecule has 4 aliphatic carbocycles. The van der Waals surface area contributed by atoms with Gasteiger partial charge in [-0.15, -0.1) is 0 Å². The van der Waals surface area contributed by atoms with Crippen molar-refractivity contribution in [2.45, 2.75) is 58.4 Å². The van der Waals surface area contributed by atoms with Crippen LogP contribution in [0.4, 0.5) is 0 Å². The molecular weight excluding hydrogens is 324 g/mol. The lowest BCUT2D eigenvalue weighted by Crippen LogP contribution is -2.51. The Balaban J connectivity index is 1.31. The van der Waals surface area contributed by atoms with Gasteiger partial charge in [0.05, 0.1) is 11.8 Å². The summed E-state index contributed by atoms with van der Waals surface area (Å²) in [5, 5.41) is 8.57. The van der Waals surface area contributed by atoms with Gasteiger partial charge in [0.15, 0.2) is 5.65 Å². The van der Waals surface area contributed by atoms with Gasteiger partial charge in [-0.25, -0.2) is 9.67 Å². The Bertz CT molecular complexity index is 818. The van der Waals surface area contributed by atoms with Gasteiger partial charge in [-0.2, -0.15) is 5.10 Å². The maximum atomic E-state index is 12.7. The zero-order valence-electron chi connectivity index (χ0n) is 15.7. The summed E-state index contributed by atoms with van der Waals surface area (Å²) in [7, 11) is 0. The largest absolute Gasteiger partial charge is 0.351 e. The van der Waals surface area contributed by atoms with Gasteiger partial charge in [-0.05, 0) is 81.6 Å². The molecule has 5 nitrogen and oxygen atoms in total. The molecule has 0 aromatic carbocycles. The van der Waals surface area contributed by atoms with E-state index in [0.29, 0.717) is 11.0 Å². The number of carbonyl (C=O) groups excluding carboxylic acids is 1. The van der Waals surface area contributed by atoms with Crippen LogP contribution < -0.4 is 5.32 Å². The molecule has 6 rings (SSSR count). The lowest BCUT2D eigenvalue weighted by Gasteiger charge is -2.56. The zero-order valence-corrected chi connectivity index (χ0v) is 15.7. The number of nitrogens with zero attached hydrogens (tertiary/aromatic N) is 3. The van der Waals surface area contributed by atoms with E-state index in [2.05, 4.69) is 29.2 Å². The second-order valence-electron chi connectivity index (χ2n) is 9.42. The summed E-state index contributed by atoms with van der Waals surface area (Å²) in [5.41, 5.74) is 1.85. The Labute approximate surface area is 154 Å². The van der Waals surface area contributed by atoms with E-state index < -0.39 is 0 Å². The molecule has 5 heteroatoms. The minimum absolute atomic E-state index is 0.00689. The van der Waals surface area contributed by atoms with Crippen LogP contribution in [-0.4, -0.2) is 27.2 Å². The number of rotatable bonds is 4. The van der Waals surface area contributed by atoms with E-state index in [1.54, 1.807) is 12.4 Å². The second-order valence-corrected chi connectivity index (χ2v) is 9.42. The highest BCUT2D eigenvalue weighted by molar-refractivity contribution is 5.96. The van der Waals surface area contributed by atoms with E-state index in [1.807, 2.05) is 10.7 Å². The fraction of sp³-hybridized carbons (Fsp3) is 0.667. The molecule has 2 heterocycles. The molecule has 2 aromatic rings. The van der Waals surface area contributed by atoms with Gasteiger partial charge < -0.3 is 5.32 Å². The third-order valence-corrected chi connectivity index (χ3v) is 6.97. The first kappa shape index (κ1) is 16.3. The number of carbonyl (C=O) groups is 1. The Morgan fingerprint density at radius 2 is 1.85 bits per heavy atom. The van der Waals surface area contributed by atoms with Gasteiger partial charge in [0.25, 0.3) is 5.91 Å². The van der Waals surface area contributed by atoms with Gasteiger partial charge in [0, 0.05) is 24.2 Å². The Kier molecular flexibility index (Phi) is 3.63. The number of amides is 1. The molecule has 1 amide bonds. The van der Waals surface area contributed by atoms with Crippen LogP contribution in [0.1, 0.15) is 68.8 Å². The van der Waals surface area contributed by atoms with Gasteiger partial charge in [-0.3, -0.25) is 4.79 Å². The topological polar surface area (TPSA) is 59.8 Å². The van der Waals surface area contributed by atoms with Crippen molar-refractivity contribution in [3.63, 3.8) is 0 Å². The van der Waals surface area contributed by atoms with Crippen LogP contribution in [0.2, 0.25) is 0 Å². The van der Waals surface area contributed by atoms with Crippen molar-refractivity contribution >= 4 is 16.9 Å². The first-order valence-electron chi connectivity index (χ1n) is 10.1. The first-order valence-corrected chi connectivity index (χ1v) is 10.1. The standard InChI is InChI=1S/C21H28N4O/c1-13(2)25-19-17(11-24-25)6-18(10-22-19)20(26)23-12-21-7-14-3-15(8-21)5-16(4-14)9-21/h6,10-11,13-16H,3-5,7-9,12H2,1-2H3,(H,23,26). The average molecular weight is 352 g/mol. The molecule has 4 fully saturated rings. The molecule has 4 saturated carbocycles. The molecule has 1 N–H and O–H groups in total. The van der Waals surface area contributed by atoms with Crippen molar-refractivity contribution in [2.24, 2.45) is 23.2 Å². The SMILES string of the molecule is CC(C)n1ncc2cc(C(=O)NCC34CC5CC(CC(C5)C3)C4)cnc21. The van der Waals surface area contributed by atoms with E-state index in [-0.39, 0.29) is 11.9 Å². The first-order chi connectivity index (χ1) is 12.5. The van der Waals surface area contributed by atoms with Crippen LogP contribution in [0.5, 0.6) is 0 Å². The normalized spacial score (nSPS) is 32.5. The summed E-state index contributed by atoms with van der Waals surface area (Å²) >= 11 is 0. The van der Waals surface area contributed by atoms with Gasteiger partial charge in [0.2, 0.25) is 0 Å². The minimum atomic E-state index is 0.00689. The van der Waals surface area contributed by atoms with Crippen LogP contribution in [0.15, 0.2) is 18.5 Å². The van der Waals surface area contributed by atoms with Crippen molar-refractivity contribution in [3.8, 4) is 0 Å². The fourth-order valence-corrected chi connectivity index (χ4v) is 6.32. The molecule has 0 spiro atoms. The van der Waals surface area contributed by atoms with Crippen LogP contribution in [-0.2, 0) is 0 Å². The van der Waals surface area contributed by atoms with Gasteiger partial charge >= 0.3 is 0 Å². The maximum absolute atomic E-state index is 12.7. The molecular formula is C21H28N4O. The monoisotopic (exact) mass is 352 g/mol. The molecule has 4 bridgehead atoms. The number of nitrogens with one attached hydrogen (secondary N) is 1. The number of fused-ring (bicyclic) bond motifs is 1. The predicted molar refractivity (Wildman–Crippen MR) is 101 cm³/mol. The summed E-state index contributed by atoms with van der Waals surface area (Å²) in [6, 6.07) is 2.18. The molecule has 0 unspecified atom stereocenters. The summed E-state index contributed by atoms with van der Waals surface area (Å²) in [6.45, 7) is 5.00. The zero-order chi connectivity index (χ0) is 17.9.